The van der Waals surface area contributed by atoms with Crippen molar-refractivity contribution in [1.29, 1.82) is 0 Å². The largest absolute Gasteiger partial charge is 0.347 e. The molecular weight excluding hydrogens is 268 g/mol. The van der Waals surface area contributed by atoms with Crippen LogP contribution in [0.1, 0.15) is 35.2 Å². The van der Waals surface area contributed by atoms with Gasteiger partial charge in [-0.1, -0.05) is 13.3 Å². The SMILES string of the molecule is CCCc1cc(C(=O)N(C)Cc2ncc[nH]2)cc(NN)n1. The van der Waals surface area contributed by atoms with Crippen molar-refractivity contribution in [3.05, 3.63) is 41.6 Å². The first-order valence-electron chi connectivity index (χ1n) is 6.85. The van der Waals surface area contributed by atoms with Crippen molar-refractivity contribution >= 4 is 11.7 Å². The first-order chi connectivity index (χ1) is 10.1. The van der Waals surface area contributed by atoms with Gasteiger partial charge in [0.15, 0.2) is 0 Å². The minimum absolute atomic E-state index is 0.0948. The summed E-state index contributed by atoms with van der Waals surface area (Å²) in [7, 11) is 1.74. The third-order valence-electron chi connectivity index (χ3n) is 3.07. The molecular formula is C14H20N6O. The van der Waals surface area contributed by atoms with Crippen molar-refractivity contribution < 1.29 is 4.79 Å². The van der Waals surface area contributed by atoms with Crippen molar-refractivity contribution in [2.75, 3.05) is 12.5 Å². The van der Waals surface area contributed by atoms with Crippen molar-refractivity contribution in [2.24, 2.45) is 5.84 Å². The summed E-state index contributed by atoms with van der Waals surface area (Å²) in [5, 5.41) is 0. The molecule has 2 rings (SSSR count). The van der Waals surface area contributed by atoms with E-state index < -0.39 is 0 Å². The van der Waals surface area contributed by atoms with Crippen LogP contribution in [0.15, 0.2) is 24.5 Å². The molecule has 2 heterocycles. The Kier molecular flexibility index (Phi) is 4.89. The average Bonchev–Trinajstić information content (AvgIpc) is 2.99. The molecule has 0 radical (unpaired) electrons. The number of pyridine rings is 1. The molecule has 0 fully saturated rings. The van der Waals surface area contributed by atoms with E-state index in [0.717, 1.165) is 24.4 Å². The Labute approximate surface area is 123 Å². The van der Waals surface area contributed by atoms with Crippen molar-refractivity contribution in [1.82, 2.24) is 19.9 Å². The lowest BCUT2D eigenvalue weighted by molar-refractivity contribution is 0.0781. The number of rotatable bonds is 6. The molecule has 0 unspecified atom stereocenters. The topological polar surface area (TPSA) is 99.9 Å². The summed E-state index contributed by atoms with van der Waals surface area (Å²) in [4.78, 5) is 25.5. The normalized spacial score (nSPS) is 10.4. The number of nitrogens with two attached hydrogens (primary N) is 1. The number of nitrogen functional groups attached to an aromatic ring is 1. The molecule has 1 amide bonds. The Bertz CT molecular complexity index is 596. The van der Waals surface area contributed by atoms with Gasteiger partial charge in [0.1, 0.15) is 11.6 Å². The molecule has 0 saturated heterocycles. The van der Waals surface area contributed by atoms with E-state index in [1.54, 1.807) is 30.4 Å². The lowest BCUT2D eigenvalue weighted by Gasteiger charge is -2.17. The van der Waals surface area contributed by atoms with Crippen LogP contribution in [0.5, 0.6) is 0 Å². The predicted molar refractivity (Wildman–Crippen MR) is 80.4 cm³/mol. The fourth-order valence-electron chi connectivity index (χ4n) is 2.07. The summed E-state index contributed by atoms with van der Waals surface area (Å²) in [6.45, 7) is 2.48. The summed E-state index contributed by atoms with van der Waals surface area (Å²) < 4.78 is 0. The highest BCUT2D eigenvalue weighted by Gasteiger charge is 2.15. The van der Waals surface area contributed by atoms with E-state index in [0.29, 0.717) is 17.9 Å². The van der Waals surface area contributed by atoms with Crippen LogP contribution in [-0.2, 0) is 13.0 Å². The molecule has 0 aliphatic carbocycles. The highest BCUT2D eigenvalue weighted by molar-refractivity contribution is 5.94. The van der Waals surface area contributed by atoms with Gasteiger partial charge in [-0.2, -0.15) is 0 Å². The number of hydrogen-bond donors (Lipinski definition) is 3. The van der Waals surface area contributed by atoms with Crippen LogP contribution < -0.4 is 11.3 Å². The number of hydrazine groups is 1. The minimum Gasteiger partial charge on any atom is -0.347 e. The molecule has 0 saturated carbocycles. The third kappa shape index (κ3) is 3.79. The van der Waals surface area contributed by atoms with Crippen LogP contribution in [0.4, 0.5) is 5.82 Å². The Hall–Kier alpha value is -2.41. The van der Waals surface area contributed by atoms with E-state index in [9.17, 15) is 4.79 Å². The van der Waals surface area contributed by atoms with Crippen molar-refractivity contribution in [3.8, 4) is 0 Å². The third-order valence-corrected chi connectivity index (χ3v) is 3.07. The fraction of sp³-hybridized carbons (Fsp3) is 0.357. The number of aromatic amines is 1. The number of H-pyrrole nitrogens is 1. The molecule has 7 nitrogen and oxygen atoms in total. The van der Waals surface area contributed by atoms with Gasteiger partial charge in [0.2, 0.25) is 0 Å². The molecule has 2 aromatic rings. The van der Waals surface area contributed by atoms with E-state index in [1.165, 1.54) is 0 Å². The highest BCUT2D eigenvalue weighted by atomic mass is 16.2. The number of aryl methyl sites for hydroxylation is 1. The van der Waals surface area contributed by atoms with Gasteiger partial charge in [0, 0.05) is 30.7 Å². The zero-order valence-corrected chi connectivity index (χ0v) is 12.3. The zero-order chi connectivity index (χ0) is 15.2. The van der Waals surface area contributed by atoms with Gasteiger partial charge in [-0.3, -0.25) is 4.79 Å². The van der Waals surface area contributed by atoms with Crippen LogP contribution in [0.2, 0.25) is 0 Å². The molecule has 0 atom stereocenters. The smallest absolute Gasteiger partial charge is 0.254 e. The van der Waals surface area contributed by atoms with E-state index in [-0.39, 0.29) is 5.91 Å². The molecule has 0 aliphatic heterocycles. The minimum atomic E-state index is -0.0948. The van der Waals surface area contributed by atoms with Gasteiger partial charge in [-0.15, -0.1) is 0 Å². The quantitative estimate of drug-likeness (QED) is 0.550. The molecule has 0 aliphatic rings. The summed E-state index contributed by atoms with van der Waals surface area (Å²) in [6, 6.07) is 3.46. The van der Waals surface area contributed by atoms with Gasteiger partial charge in [0.25, 0.3) is 5.91 Å². The van der Waals surface area contributed by atoms with E-state index in [1.807, 2.05) is 6.07 Å². The predicted octanol–water partition coefficient (Wildman–Crippen LogP) is 1.31. The summed E-state index contributed by atoms with van der Waals surface area (Å²) in [5.41, 5.74) is 3.92. The summed E-state index contributed by atoms with van der Waals surface area (Å²) in [6.07, 6.45) is 5.15. The van der Waals surface area contributed by atoms with Crippen LogP contribution in [0.25, 0.3) is 0 Å². The Morgan fingerprint density at radius 2 is 2.29 bits per heavy atom. The maximum atomic E-state index is 12.5. The second kappa shape index (κ2) is 6.85. The lowest BCUT2D eigenvalue weighted by Crippen LogP contribution is -2.27. The van der Waals surface area contributed by atoms with Crippen molar-refractivity contribution in [2.45, 2.75) is 26.3 Å². The first kappa shape index (κ1) is 15.0. The number of nitrogens with one attached hydrogen (secondary N) is 2. The number of imidazole rings is 1. The van der Waals surface area contributed by atoms with Crippen LogP contribution in [0, 0.1) is 0 Å². The second-order valence-electron chi connectivity index (χ2n) is 4.82. The van der Waals surface area contributed by atoms with E-state index in [4.69, 9.17) is 5.84 Å². The Morgan fingerprint density at radius 1 is 1.48 bits per heavy atom. The molecule has 0 spiro atoms. The average molecular weight is 288 g/mol. The fourth-order valence-corrected chi connectivity index (χ4v) is 2.07. The maximum Gasteiger partial charge on any atom is 0.254 e. The van der Waals surface area contributed by atoms with E-state index >= 15 is 0 Å². The monoisotopic (exact) mass is 288 g/mol. The van der Waals surface area contributed by atoms with Gasteiger partial charge < -0.3 is 15.3 Å². The number of carbonyl (C=O) groups excluding carboxylic acids is 1. The van der Waals surface area contributed by atoms with Crippen LogP contribution in [-0.4, -0.2) is 32.8 Å². The summed E-state index contributed by atoms with van der Waals surface area (Å²) >= 11 is 0. The summed E-state index contributed by atoms with van der Waals surface area (Å²) in [5.74, 6) is 6.56. The molecule has 21 heavy (non-hydrogen) atoms. The van der Waals surface area contributed by atoms with Gasteiger partial charge in [0.05, 0.1) is 6.54 Å². The number of carbonyl (C=O) groups is 1. The van der Waals surface area contributed by atoms with Gasteiger partial charge >= 0.3 is 0 Å². The zero-order valence-electron chi connectivity index (χ0n) is 12.3. The Morgan fingerprint density at radius 3 is 2.90 bits per heavy atom. The Balaban J connectivity index is 2.18. The molecule has 7 heteroatoms. The second-order valence-corrected chi connectivity index (χ2v) is 4.82. The van der Waals surface area contributed by atoms with Gasteiger partial charge in [-0.05, 0) is 18.6 Å². The standard InChI is InChI=1S/C14H20N6O/c1-3-4-11-7-10(8-12(18-11)19-15)14(21)20(2)9-13-16-5-6-17-13/h5-8H,3-4,9,15H2,1-2H3,(H,16,17)(H,18,19). The van der Waals surface area contributed by atoms with Crippen molar-refractivity contribution in [3.63, 3.8) is 0 Å². The van der Waals surface area contributed by atoms with Gasteiger partial charge in [-0.25, -0.2) is 15.8 Å². The van der Waals surface area contributed by atoms with Crippen LogP contribution >= 0.6 is 0 Å². The first-order valence-corrected chi connectivity index (χ1v) is 6.85. The van der Waals surface area contributed by atoms with E-state index in [2.05, 4.69) is 27.3 Å². The number of hydrogen-bond acceptors (Lipinski definition) is 5. The lowest BCUT2D eigenvalue weighted by atomic mass is 10.1. The maximum absolute atomic E-state index is 12.5. The molecule has 112 valence electrons. The number of aromatic nitrogens is 3. The highest BCUT2D eigenvalue weighted by Crippen LogP contribution is 2.14. The number of amides is 1. The molecule has 0 bridgehead atoms. The molecule has 2 aromatic heterocycles. The molecule has 4 N–H and O–H groups in total. The number of anilines is 1. The van der Waals surface area contributed by atoms with Crippen LogP contribution in [0.3, 0.4) is 0 Å². The number of nitrogens with zero attached hydrogens (tertiary/aromatic N) is 3. The molecule has 0 aromatic carbocycles.